The molecule has 1 radical (unpaired) electrons. The summed E-state index contributed by atoms with van der Waals surface area (Å²) in [5.41, 5.74) is 5.87. The van der Waals surface area contributed by atoms with Gasteiger partial charge in [-0.05, 0) is 75.9 Å². The molecule has 1 aromatic rings. The van der Waals surface area contributed by atoms with Crippen molar-refractivity contribution in [3.05, 3.63) is 36.2 Å². The number of nitrogens with two attached hydrogens (primary N) is 1. The third-order valence-corrected chi connectivity index (χ3v) is 7.11. The van der Waals surface area contributed by atoms with Gasteiger partial charge in [-0.1, -0.05) is 25.0 Å². The SMILES string of the molecule is CN(C)CCC1(c2ccc(N3C(=O)N4CCC[CH][C@]4(C(N)=O)C3=O)cc2)CCCC1. The fraction of sp³-hybridized carbons (Fsp3) is 0.565. The van der Waals surface area contributed by atoms with E-state index in [9.17, 15) is 14.4 Å². The van der Waals surface area contributed by atoms with Crippen molar-refractivity contribution in [2.75, 3.05) is 32.1 Å². The maximum absolute atomic E-state index is 13.2. The fourth-order valence-corrected chi connectivity index (χ4v) is 5.38. The first-order valence-corrected chi connectivity index (χ1v) is 10.9. The zero-order valence-corrected chi connectivity index (χ0v) is 17.9. The van der Waals surface area contributed by atoms with Gasteiger partial charge >= 0.3 is 6.03 Å². The highest BCUT2D eigenvalue weighted by molar-refractivity contribution is 6.31. The molecule has 3 fully saturated rings. The van der Waals surface area contributed by atoms with Crippen molar-refractivity contribution in [3.8, 4) is 0 Å². The Kier molecular flexibility index (Phi) is 5.34. The molecule has 30 heavy (non-hydrogen) atoms. The van der Waals surface area contributed by atoms with Gasteiger partial charge in [-0.2, -0.15) is 0 Å². The fourth-order valence-electron chi connectivity index (χ4n) is 5.38. The molecular formula is C23H31N4O3. The summed E-state index contributed by atoms with van der Waals surface area (Å²) in [6.45, 7) is 1.38. The Bertz CT molecular complexity index is 845. The number of anilines is 1. The van der Waals surface area contributed by atoms with Crippen LogP contribution in [-0.4, -0.2) is 60.4 Å². The minimum absolute atomic E-state index is 0.154. The van der Waals surface area contributed by atoms with Crippen LogP contribution in [0.5, 0.6) is 0 Å². The molecule has 0 aromatic heterocycles. The van der Waals surface area contributed by atoms with E-state index in [0.29, 0.717) is 18.7 Å². The van der Waals surface area contributed by atoms with E-state index in [-0.39, 0.29) is 5.41 Å². The Balaban J connectivity index is 1.63. The highest BCUT2D eigenvalue weighted by Gasteiger charge is 2.62. The predicted octanol–water partition coefficient (Wildman–Crippen LogP) is 2.44. The number of imide groups is 1. The first-order valence-electron chi connectivity index (χ1n) is 10.9. The number of hydrogen-bond acceptors (Lipinski definition) is 4. The number of carbonyl (C=O) groups is 3. The highest BCUT2D eigenvalue weighted by Crippen LogP contribution is 2.45. The van der Waals surface area contributed by atoms with Crippen LogP contribution in [0.4, 0.5) is 10.5 Å². The molecule has 1 aromatic carbocycles. The maximum atomic E-state index is 13.2. The van der Waals surface area contributed by atoms with Crippen LogP contribution in [0.1, 0.15) is 50.5 Å². The van der Waals surface area contributed by atoms with Crippen LogP contribution in [0.15, 0.2) is 24.3 Å². The van der Waals surface area contributed by atoms with E-state index in [1.54, 1.807) is 6.42 Å². The molecule has 0 spiro atoms. The maximum Gasteiger partial charge on any atom is 0.332 e. The summed E-state index contributed by atoms with van der Waals surface area (Å²) < 4.78 is 0. The van der Waals surface area contributed by atoms with E-state index >= 15 is 0 Å². The lowest BCUT2D eigenvalue weighted by Crippen LogP contribution is -2.61. The van der Waals surface area contributed by atoms with Gasteiger partial charge in [0, 0.05) is 13.0 Å². The van der Waals surface area contributed by atoms with Crippen molar-refractivity contribution in [2.45, 2.75) is 55.9 Å². The van der Waals surface area contributed by atoms with Gasteiger partial charge in [0.2, 0.25) is 5.54 Å². The van der Waals surface area contributed by atoms with Crippen molar-refractivity contribution in [1.29, 1.82) is 0 Å². The van der Waals surface area contributed by atoms with E-state index in [1.165, 1.54) is 23.3 Å². The molecule has 3 aliphatic rings. The van der Waals surface area contributed by atoms with Gasteiger partial charge in [-0.25, -0.2) is 9.69 Å². The second-order valence-corrected chi connectivity index (χ2v) is 9.14. The third kappa shape index (κ3) is 3.11. The van der Waals surface area contributed by atoms with E-state index < -0.39 is 23.4 Å². The standard InChI is InChI=1S/C23H31N4O3/c1-25(2)16-14-22(11-3-4-12-22)17-7-9-18(10-8-17)27-20(29)23(19(24)28)13-5-6-15-26(23)21(27)30/h7-10,13H,3-6,11-12,14-16H2,1-2H3,(H2,24,28)/t23-/m0/s1. The topological polar surface area (TPSA) is 86.9 Å². The zero-order valence-electron chi connectivity index (χ0n) is 17.9. The number of hydrogen-bond donors (Lipinski definition) is 1. The molecule has 7 nitrogen and oxygen atoms in total. The van der Waals surface area contributed by atoms with Crippen molar-refractivity contribution in [1.82, 2.24) is 9.80 Å². The molecule has 2 saturated heterocycles. The van der Waals surface area contributed by atoms with Gasteiger partial charge in [-0.3, -0.25) is 9.59 Å². The minimum Gasteiger partial charge on any atom is -0.367 e. The minimum atomic E-state index is -1.65. The Morgan fingerprint density at radius 3 is 2.33 bits per heavy atom. The first kappa shape index (κ1) is 20.8. The van der Waals surface area contributed by atoms with Crippen LogP contribution >= 0.6 is 0 Å². The Labute approximate surface area is 178 Å². The second kappa shape index (κ2) is 7.69. The average molecular weight is 412 g/mol. The largest absolute Gasteiger partial charge is 0.367 e. The van der Waals surface area contributed by atoms with Crippen molar-refractivity contribution < 1.29 is 14.4 Å². The summed E-state index contributed by atoms with van der Waals surface area (Å²) in [6, 6.07) is 7.32. The Morgan fingerprint density at radius 1 is 1.10 bits per heavy atom. The van der Waals surface area contributed by atoms with Crippen LogP contribution in [0.3, 0.4) is 0 Å². The van der Waals surface area contributed by atoms with Gasteiger partial charge < -0.3 is 15.5 Å². The second-order valence-electron chi connectivity index (χ2n) is 9.14. The van der Waals surface area contributed by atoms with Gasteiger partial charge in [0.25, 0.3) is 11.8 Å². The molecule has 161 valence electrons. The van der Waals surface area contributed by atoms with E-state index in [1.807, 2.05) is 12.1 Å². The van der Waals surface area contributed by atoms with E-state index in [4.69, 9.17) is 5.73 Å². The van der Waals surface area contributed by atoms with Crippen molar-refractivity contribution in [2.24, 2.45) is 5.73 Å². The molecule has 2 aliphatic heterocycles. The number of rotatable bonds is 6. The molecule has 1 aliphatic carbocycles. The van der Waals surface area contributed by atoms with Gasteiger partial charge in [0.05, 0.1) is 5.69 Å². The molecule has 2 heterocycles. The van der Waals surface area contributed by atoms with E-state index in [2.05, 4.69) is 31.1 Å². The zero-order chi connectivity index (χ0) is 21.5. The summed E-state index contributed by atoms with van der Waals surface area (Å²) in [5.74, 6) is -1.34. The first-order chi connectivity index (χ1) is 14.3. The number of nitrogens with zero attached hydrogens (tertiary/aromatic N) is 3. The monoisotopic (exact) mass is 411 g/mol. The number of amides is 4. The van der Waals surface area contributed by atoms with Crippen LogP contribution < -0.4 is 10.6 Å². The lowest BCUT2D eigenvalue weighted by Gasteiger charge is -2.35. The molecule has 1 atom stereocenters. The molecular weight excluding hydrogens is 380 g/mol. The van der Waals surface area contributed by atoms with E-state index in [0.717, 1.165) is 37.1 Å². The predicted molar refractivity (Wildman–Crippen MR) is 115 cm³/mol. The smallest absolute Gasteiger partial charge is 0.332 e. The lowest BCUT2D eigenvalue weighted by atomic mass is 9.76. The summed E-state index contributed by atoms with van der Waals surface area (Å²) >= 11 is 0. The van der Waals surface area contributed by atoms with Gasteiger partial charge in [0.15, 0.2) is 0 Å². The van der Waals surface area contributed by atoms with Crippen molar-refractivity contribution >= 4 is 23.5 Å². The third-order valence-electron chi connectivity index (χ3n) is 7.11. The number of benzene rings is 1. The number of fused-ring (bicyclic) bond motifs is 1. The summed E-state index contributed by atoms with van der Waals surface area (Å²) in [6.07, 6.45) is 8.77. The molecule has 1 saturated carbocycles. The van der Waals surface area contributed by atoms with Crippen LogP contribution in [0, 0.1) is 6.42 Å². The van der Waals surface area contributed by atoms with Crippen LogP contribution in [0.2, 0.25) is 0 Å². The molecule has 7 heteroatoms. The Morgan fingerprint density at radius 2 is 1.77 bits per heavy atom. The molecule has 4 rings (SSSR count). The molecule has 0 unspecified atom stereocenters. The van der Waals surface area contributed by atoms with Gasteiger partial charge in [0.1, 0.15) is 0 Å². The lowest BCUT2D eigenvalue weighted by molar-refractivity contribution is -0.136. The van der Waals surface area contributed by atoms with Crippen molar-refractivity contribution in [3.63, 3.8) is 0 Å². The quantitative estimate of drug-likeness (QED) is 0.575. The number of urea groups is 1. The molecule has 0 bridgehead atoms. The summed E-state index contributed by atoms with van der Waals surface area (Å²) in [4.78, 5) is 43.2. The van der Waals surface area contributed by atoms with Crippen LogP contribution in [0.25, 0.3) is 0 Å². The molecule has 4 amide bonds. The van der Waals surface area contributed by atoms with Crippen LogP contribution in [-0.2, 0) is 15.0 Å². The molecule has 2 N–H and O–H groups in total. The normalized spacial score (nSPS) is 25.8. The Hall–Kier alpha value is -2.41. The highest BCUT2D eigenvalue weighted by atomic mass is 16.2. The summed E-state index contributed by atoms with van der Waals surface area (Å²) in [5, 5.41) is 0. The number of primary amides is 1. The summed E-state index contributed by atoms with van der Waals surface area (Å²) in [7, 11) is 4.19. The number of carbonyl (C=O) groups excluding carboxylic acids is 3. The average Bonchev–Trinajstić information content (AvgIpc) is 3.30. The van der Waals surface area contributed by atoms with Gasteiger partial charge in [-0.15, -0.1) is 0 Å². The number of piperidine rings is 1.